The van der Waals surface area contributed by atoms with Gasteiger partial charge in [0.1, 0.15) is 12.3 Å². The van der Waals surface area contributed by atoms with E-state index in [0.29, 0.717) is 13.1 Å². The molecule has 0 saturated heterocycles. The van der Waals surface area contributed by atoms with E-state index in [2.05, 4.69) is 12.2 Å². The first-order valence-corrected chi connectivity index (χ1v) is 13.3. The molecule has 2 aromatic rings. The van der Waals surface area contributed by atoms with Crippen LogP contribution in [-0.2, 0) is 24.9 Å². The first-order chi connectivity index (χ1) is 16.8. The molecule has 4 aliphatic carbocycles. The summed E-state index contributed by atoms with van der Waals surface area (Å²) in [6.07, 6.45) is 11.7. The van der Waals surface area contributed by atoms with Crippen LogP contribution in [0.15, 0.2) is 41.1 Å². The van der Waals surface area contributed by atoms with Crippen LogP contribution in [0.3, 0.4) is 0 Å². The predicted molar refractivity (Wildman–Crippen MR) is 134 cm³/mol. The second-order valence-electron chi connectivity index (χ2n) is 11.5. The Balaban J connectivity index is 1.31. The van der Waals surface area contributed by atoms with E-state index in [9.17, 15) is 9.59 Å². The quantitative estimate of drug-likeness (QED) is 0.553. The van der Waals surface area contributed by atoms with Crippen molar-refractivity contribution in [2.24, 2.45) is 24.8 Å². The van der Waals surface area contributed by atoms with Gasteiger partial charge in [0.15, 0.2) is 0 Å². The molecule has 2 aromatic heterocycles. The first kappa shape index (κ1) is 24.0. The Hall–Kier alpha value is -2.70. The number of rotatable bonds is 9. The van der Waals surface area contributed by atoms with Crippen molar-refractivity contribution in [2.75, 3.05) is 6.54 Å². The lowest BCUT2D eigenvalue weighted by atomic mass is 9.53. The Morgan fingerprint density at radius 3 is 2.34 bits per heavy atom. The lowest BCUT2D eigenvalue weighted by Gasteiger charge is -2.57. The minimum absolute atomic E-state index is 0.0200. The summed E-state index contributed by atoms with van der Waals surface area (Å²) >= 11 is 0. The second kappa shape index (κ2) is 9.75. The Kier molecular flexibility index (Phi) is 6.69. The summed E-state index contributed by atoms with van der Waals surface area (Å²) in [6.45, 7) is 5.03. The fourth-order valence-electron chi connectivity index (χ4n) is 7.14. The van der Waals surface area contributed by atoms with Gasteiger partial charge in [-0.1, -0.05) is 6.92 Å². The number of hydrogen-bond acceptors (Lipinski definition) is 3. The topological polar surface area (TPSA) is 70.7 Å². The number of amides is 3. The molecule has 2 heterocycles. The van der Waals surface area contributed by atoms with Crippen molar-refractivity contribution >= 4 is 11.9 Å². The van der Waals surface area contributed by atoms with Gasteiger partial charge in [-0.05, 0) is 93.9 Å². The van der Waals surface area contributed by atoms with Gasteiger partial charge in [-0.3, -0.25) is 4.79 Å². The minimum Gasteiger partial charge on any atom is -0.467 e. The maximum Gasteiger partial charge on any atom is 0.318 e. The highest BCUT2D eigenvalue weighted by Crippen LogP contribution is 2.55. The Morgan fingerprint density at radius 1 is 1.11 bits per heavy atom. The van der Waals surface area contributed by atoms with Crippen molar-refractivity contribution in [3.8, 4) is 0 Å². The van der Waals surface area contributed by atoms with Gasteiger partial charge in [0.2, 0.25) is 5.91 Å². The summed E-state index contributed by atoms with van der Waals surface area (Å²) in [5.41, 5.74) is 0.968. The van der Waals surface area contributed by atoms with Gasteiger partial charge in [-0.2, -0.15) is 0 Å². The molecule has 4 saturated carbocycles. The molecule has 4 fully saturated rings. The molecule has 1 atom stereocenters. The van der Waals surface area contributed by atoms with Crippen molar-refractivity contribution in [3.05, 3.63) is 48.2 Å². The molecule has 35 heavy (non-hydrogen) atoms. The maximum absolute atomic E-state index is 13.7. The largest absolute Gasteiger partial charge is 0.467 e. The third kappa shape index (κ3) is 5.14. The maximum atomic E-state index is 13.7. The third-order valence-corrected chi connectivity index (χ3v) is 8.78. The van der Waals surface area contributed by atoms with Gasteiger partial charge in [0.25, 0.3) is 0 Å². The Morgan fingerprint density at radius 2 is 1.80 bits per heavy atom. The van der Waals surface area contributed by atoms with Crippen LogP contribution in [0.5, 0.6) is 0 Å². The first-order valence-electron chi connectivity index (χ1n) is 13.3. The van der Waals surface area contributed by atoms with Gasteiger partial charge < -0.3 is 24.1 Å². The number of aryl methyl sites for hydroxylation is 1. The molecule has 0 aliphatic heterocycles. The number of urea groups is 1. The van der Waals surface area contributed by atoms with Gasteiger partial charge in [-0.15, -0.1) is 0 Å². The lowest BCUT2D eigenvalue weighted by molar-refractivity contribution is -0.134. The molecule has 190 valence electrons. The average Bonchev–Trinajstić information content (AvgIpc) is 3.46. The van der Waals surface area contributed by atoms with Crippen molar-refractivity contribution in [1.82, 2.24) is 19.7 Å². The molecule has 0 spiro atoms. The van der Waals surface area contributed by atoms with Crippen molar-refractivity contribution in [1.29, 1.82) is 0 Å². The van der Waals surface area contributed by atoms with E-state index < -0.39 is 0 Å². The van der Waals surface area contributed by atoms with Crippen LogP contribution in [0.2, 0.25) is 0 Å². The highest BCUT2D eigenvalue weighted by Gasteiger charge is 2.52. The molecule has 7 heteroatoms. The molecule has 6 rings (SSSR count). The standard InChI is InChI=1S/C28H40N4O3/c1-4-20(2)32(27(34)29-28-14-21-11-22(15-28)13-23(12-21)16-28)19-26(33)31(18-25-8-6-10-35-25)17-24-7-5-9-30(24)3/h5-10,20-23H,4,11-19H2,1-3H3,(H,29,34). The molecule has 4 bridgehead atoms. The van der Waals surface area contributed by atoms with Crippen molar-refractivity contribution in [3.63, 3.8) is 0 Å². The molecule has 0 radical (unpaired) electrons. The monoisotopic (exact) mass is 480 g/mol. The zero-order valence-electron chi connectivity index (χ0n) is 21.4. The van der Waals surface area contributed by atoms with E-state index in [4.69, 9.17) is 4.42 Å². The van der Waals surface area contributed by atoms with E-state index in [1.165, 1.54) is 19.3 Å². The highest BCUT2D eigenvalue weighted by atomic mass is 16.3. The summed E-state index contributed by atoms with van der Waals surface area (Å²) < 4.78 is 7.57. The number of carbonyl (C=O) groups is 2. The number of hydrogen-bond donors (Lipinski definition) is 1. The number of nitrogens with one attached hydrogen (secondary N) is 1. The van der Waals surface area contributed by atoms with Crippen LogP contribution in [0, 0.1) is 17.8 Å². The van der Waals surface area contributed by atoms with Gasteiger partial charge in [0, 0.05) is 30.5 Å². The number of aromatic nitrogens is 1. The molecular weight excluding hydrogens is 440 g/mol. The van der Waals surface area contributed by atoms with Crippen LogP contribution in [-0.4, -0.2) is 44.4 Å². The second-order valence-corrected chi connectivity index (χ2v) is 11.5. The summed E-state index contributed by atoms with van der Waals surface area (Å²) in [5.74, 6) is 2.95. The van der Waals surface area contributed by atoms with Crippen LogP contribution >= 0.6 is 0 Å². The van der Waals surface area contributed by atoms with Gasteiger partial charge in [0.05, 0.1) is 19.4 Å². The lowest BCUT2D eigenvalue weighted by Crippen LogP contribution is -2.63. The molecule has 4 aliphatic rings. The molecule has 7 nitrogen and oxygen atoms in total. The van der Waals surface area contributed by atoms with Crippen LogP contribution in [0.25, 0.3) is 0 Å². The highest BCUT2D eigenvalue weighted by molar-refractivity contribution is 5.84. The minimum atomic E-state index is -0.0773. The molecule has 1 unspecified atom stereocenters. The van der Waals surface area contributed by atoms with Crippen molar-refractivity contribution < 1.29 is 14.0 Å². The number of nitrogens with zero attached hydrogens (tertiary/aromatic N) is 3. The van der Waals surface area contributed by atoms with Gasteiger partial charge in [-0.25, -0.2) is 4.79 Å². The van der Waals surface area contributed by atoms with Crippen LogP contribution in [0.4, 0.5) is 4.79 Å². The average molecular weight is 481 g/mol. The van der Waals surface area contributed by atoms with Crippen LogP contribution < -0.4 is 5.32 Å². The van der Waals surface area contributed by atoms with Crippen molar-refractivity contribution in [2.45, 2.75) is 83.5 Å². The Labute approximate surface area is 208 Å². The summed E-state index contributed by atoms with van der Waals surface area (Å²) in [6, 6.07) is 7.63. The van der Waals surface area contributed by atoms with E-state index in [1.807, 2.05) is 49.0 Å². The van der Waals surface area contributed by atoms with E-state index >= 15 is 0 Å². The summed E-state index contributed by atoms with van der Waals surface area (Å²) in [7, 11) is 1.98. The molecule has 1 N–H and O–H groups in total. The van der Waals surface area contributed by atoms with E-state index in [-0.39, 0.29) is 30.1 Å². The SMILES string of the molecule is CCC(C)N(CC(=O)N(Cc1ccco1)Cc1cccn1C)C(=O)NC12CC3CC(CC(C3)C1)C2. The molecule has 3 amide bonds. The normalized spacial score (nSPS) is 27.6. The Bertz CT molecular complexity index is 992. The molecule has 0 aromatic carbocycles. The third-order valence-electron chi connectivity index (χ3n) is 8.78. The predicted octanol–water partition coefficient (Wildman–Crippen LogP) is 4.93. The fraction of sp³-hybridized carbons (Fsp3) is 0.643. The summed E-state index contributed by atoms with van der Waals surface area (Å²) in [4.78, 5) is 30.9. The zero-order chi connectivity index (χ0) is 24.6. The number of carbonyl (C=O) groups excluding carboxylic acids is 2. The van der Waals surface area contributed by atoms with Gasteiger partial charge >= 0.3 is 6.03 Å². The fourth-order valence-corrected chi connectivity index (χ4v) is 7.14. The smallest absolute Gasteiger partial charge is 0.318 e. The zero-order valence-corrected chi connectivity index (χ0v) is 21.4. The number of furan rings is 1. The van der Waals surface area contributed by atoms with E-state index in [0.717, 1.165) is 54.9 Å². The van der Waals surface area contributed by atoms with E-state index in [1.54, 1.807) is 16.1 Å². The summed E-state index contributed by atoms with van der Waals surface area (Å²) in [5, 5.41) is 3.48. The molecular formula is C28H40N4O3. The van der Waals surface area contributed by atoms with Crippen LogP contribution in [0.1, 0.15) is 70.2 Å².